The van der Waals surface area contributed by atoms with Crippen LogP contribution in [-0.4, -0.2) is 15.6 Å². The lowest BCUT2D eigenvalue weighted by Crippen LogP contribution is -2.26. The van der Waals surface area contributed by atoms with Gasteiger partial charge in [0.25, 0.3) is 0 Å². The Balaban J connectivity index is 2.02. The Hall–Kier alpha value is -1.35. The summed E-state index contributed by atoms with van der Waals surface area (Å²) in [6.45, 7) is 5.33. The fraction of sp³-hybridized carbons (Fsp3) is 0.562. The highest BCUT2D eigenvalue weighted by Gasteiger charge is 2.24. The van der Waals surface area contributed by atoms with Crippen LogP contribution < -0.4 is 5.73 Å². The molecule has 2 aromatic rings. The maximum atomic E-state index is 6.01. The lowest BCUT2D eigenvalue weighted by Gasteiger charge is -2.26. The molecule has 1 aromatic heterocycles. The summed E-state index contributed by atoms with van der Waals surface area (Å²) in [5.41, 5.74) is 9.72. The van der Waals surface area contributed by atoms with Crippen molar-refractivity contribution in [3.8, 4) is 0 Å². The lowest BCUT2D eigenvalue weighted by molar-refractivity contribution is 0.378. The summed E-state index contributed by atoms with van der Waals surface area (Å²) in [7, 11) is 0. The fourth-order valence-corrected chi connectivity index (χ4v) is 3.28. The number of benzene rings is 1. The molecule has 1 aliphatic carbocycles. The first-order valence-electron chi connectivity index (χ1n) is 7.41. The number of aryl methyl sites for hydroxylation is 2. The molecule has 0 bridgehead atoms. The van der Waals surface area contributed by atoms with Gasteiger partial charge in [0.05, 0.1) is 11.0 Å². The van der Waals surface area contributed by atoms with E-state index in [1.165, 1.54) is 29.7 Å². The molecule has 1 heterocycles. The molecule has 2 N–H and O–H groups in total. The van der Waals surface area contributed by atoms with E-state index in [9.17, 15) is 0 Å². The van der Waals surface area contributed by atoms with Gasteiger partial charge in [0.15, 0.2) is 0 Å². The molecule has 102 valence electrons. The quantitative estimate of drug-likeness (QED) is 0.896. The molecule has 0 unspecified atom stereocenters. The van der Waals surface area contributed by atoms with Crippen molar-refractivity contribution >= 4 is 11.0 Å². The van der Waals surface area contributed by atoms with Gasteiger partial charge in [-0.15, -0.1) is 0 Å². The minimum atomic E-state index is 0.401. The molecule has 1 fully saturated rings. The Morgan fingerprint density at radius 3 is 2.68 bits per heavy atom. The van der Waals surface area contributed by atoms with E-state index in [0.717, 1.165) is 24.9 Å². The molecule has 1 saturated carbocycles. The van der Waals surface area contributed by atoms with Crippen molar-refractivity contribution in [1.82, 2.24) is 9.55 Å². The van der Waals surface area contributed by atoms with Crippen molar-refractivity contribution < 1.29 is 0 Å². The number of nitrogens with zero attached hydrogens (tertiary/aromatic N) is 2. The van der Waals surface area contributed by atoms with E-state index in [0.29, 0.717) is 12.0 Å². The van der Waals surface area contributed by atoms with Crippen LogP contribution in [0.1, 0.15) is 49.9 Å². The third kappa shape index (κ3) is 2.27. The summed E-state index contributed by atoms with van der Waals surface area (Å²) in [6.07, 6.45) is 4.64. The first kappa shape index (κ1) is 12.7. The zero-order valence-electron chi connectivity index (χ0n) is 11.9. The van der Waals surface area contributed by atoms with Crippen LogP contribution in [0.15, 0.2) is 18.2 Å². The fourth-order valence-electron chi connectivity index (χ4n) is 3.28. The third-order valence-corrected chi connectivity index (χ3v) is 4.39. The number of nitrogens with two attached hydrogens (primary N) is 1. The van der Waals surface area contributed by atoms with Crippen LogP contribution >= 0.6 is 0 Å². The van der Waals surface area contributed by atoms with Crippen molar-refractivity contribution in [2.45, 2.75) is 58.0 Å². The molecule has 0 saturated heterocycles. The molecule has 1 aromatic carbocycles. The van der Waals surface area contributed by atoms with Gasteiger partial charge in [-0.25, -0.2) is 4.98 Å². The van der Waals surface area contributed by atoms with E-state index in [1.807, 2.05) is 0 Å². The minimum absolute atomic E-state index is 0.401. The van der Waals surface area contributed by atoms with Crippen molar-refractivity contribution in [3.63, 3.8) is 0 Å². The predicted octanol–water partition coefficient (Wildman–Crippen LogP) is 3.35. The second kappa shape index (κ2) is 4.97. The highest BCUT2D eigenvalue weighted by Crippen LogP contribution is 2.33. The van der Waals surface area contributed by atoms with Crippen molar-refractivity contribution in [2.24, 2.45) is 5.73 Å². The van der Waals surface area contributed by atoms with E-state index in [2.05, 4.69) is 36.6 Å². The normalized spacial score (nSPS) is 23.9. The third-order valence-electron chi connectivity index (χ3n) is 4.39. The van der Waals surface area contributed by atoms with E-state index in [-0.39, 0.29) is 0 Å². The molecule has 0 atom stereocenters. The number of hydrogen-bond donors (Lipinski definition) is 1. The van der Waals surface area contributed by atoms with Crippen LogP contribution in [0.25, 0.3) is 11.0 Å². The smallest absolute Gasteiger partial charge is 0.112 e. The van der Waals surface area contributed by atoms with E-state index < -0.39 is 0 Å². The SMILES string of the molecule is CCn1c(C2CCC(N)CC2)nc2cc(C)ccc21. The van der Waals surface area contributed by atoms with E-state index >= 15 is 0 Å². The molecule has 19 heavy (non-hydrogen) atoms. The monoisotopic (exact) mass is 257 g/mol. The van der Waals surface area contributed by atoms with Gasteiger partial charge in [-0.1, -0.05) is 6.07 Å². The van der Waals surface area contributed by atoms with Crippen molar-refractivity contribution in [1.29, 1.82) is 0 Å². The van der Waals surface area contributed by atoms with Crippen LogP contribution in [0.3, 0.4) is 0 Å². The van der Waals surface area contributed by atoms with Gasteiger partial charge in [0.1, 0.15) is 5.82 Å². The highest BCUT2D eigenvalue weighted by molar-refractivity contribution is 5.77. The minimum Gasteiger partial charge on any atom is -0.328 e. The first-order valence-corrected chi connectivity index (χ1v) is 7.41. The van der Waals surface area contributed by atoms with Crippen LogP contribution in [0, 0.1) is 6.92 Å². The Morgan fingerprint density at radius 2 is 2.00 bits per heavy atom. The van der Waals surface area contributed by atoms with Crippen molar-refractivity contribution in [2.75, 3.05) is 0 Å². The summed E-state index contributed by atoms with van der Waals surface area (Å²) in [4.78, 5) is 4.92. The molecule has 3 heteroatoms. The van der Waals surface area contributed by atoms with Gasteiger partial charge in [-0.2, -0.15) is 0 Å². The molecule has 0 amide bonds. The summed E-state index contributed by atoms with van der Waals surface area (Å²) in [5, 5.41) is 0. The molecule has 3 rings (SSSR count). The number of hydrogen-bond acceptors (Lipinski definition) is 2. The van der Waals surface area contributed by atoms with Crippen LogP contribution in [0.2, 0.25) is 0 Å². The molecule has 1 aliphatic rings. The number of fused-ring (bicyclic) bond motifs is 1. The molecule has 0 aliphatic heterocycles. The average molecular weight is 257 g/mol. The second-order valence-corrected chi connectivity index (χ2v) is 5.82. The Labute approximate surface area is 114 Å². The average Bonchev–Trinajstić information content (AvgIpc) is 2.77. The number of imidazole rings is 1. The van der Waals surface area contributed by atoms with Gasteiger partial charge >= 0.3 is 0 Å². The topological polar surface area (TPSA) is 43.8 Å². The zero-order chi connectivity index (χ0) is 13.4. The summed E-state index contributed by atoms with van der Waals surface area (Å²) < 4.78 is 2.39. The van der Waals surface area contributed by atoms with E-state index in [4.69, 9.17) is 10.7 Å². The van der Waals surface area contributed by atoms with Gasteiger partial charge in [-0.05, 0) is 57.2 Å². The number of aromatic nitrogens is 2. The van der Waals surface area contributed by atoms with Crippen LogP contribution in [0.5, 0.6) is 0 Å². The second-order valence-electron chi connectivity index (χ2n) is 5.82. The van der Waals surface area contributed by atoms with Gasteiger partial charge in [0.2, 0.25) is 0 Å². The summed E-state index contributed by atoms with van der Waals surface area (Å²) in [6, 6.07) is 6.98. The van der Waals surface area contributed by atoms with Gasteiger partial charge < -0.3 is 10.3 Å². The van der Waals surface area contributed by atoms with Gasteiger partial charge in [0, 0.05) is 18.5 Å². The molecule has 0 radical (unpaired) electrons. The number of rotatable bonds is 2. The maximum absolute atomic E-state index is 6.01. The molecular weight excluding hydrogens is 234 g/mol. The molecule has 3 nitrogen and oxygen atoms in total. The lowest BCUT2D eigenvalue weighted by atomic mass is 9.86. The zero-order valence-corrected chi connectivity index (χ0v) is 11.9. The van der Waals surface area contributed by atoms with Crippen LogP contribution in [-0.2, 0) is 6.54 Å². The first-order chi connectivity index (χ1) is 9.19. The molecular formula is C16H23N3. The van der Waals surface area contributed by atoms with E-state index in [1.54, 1.807) is 0 Å². The van der Waals surface area contributed by atoms with Gasteiger partial charge in [-0.3, -0.25) is 0 Å². The Morgan fingerprint density at radius 1 is 1.26 bits per heavy atom. The standard InChI is InChI=1S/C16H23N3/c1-3-19-15-9-4-11(2)10-14(15)18-16(19)12-5-7-13(17)8-6-12/h4,9-10,12-13H,3,5-8,17H2,1-2H3. The summed E-state index contributed by atoms with van der Waals surface area (Å²) >= 11 is 0. The Bertz CT molecular complexity index is 577. The van der Waals surface area contributed by atoms with Crippen molar-refractivity contribution in [3.05, 3.63) is 29.6 Å². The highest BCUT2D eigenvalue weighted by atomic mass is 15.1. The summed E-state index contributed by atoms with van der Waals surface area (Å²) in [5.74, 6) is 1.86. The molecule has 0 spiro atoms. The Kier molecular flexibility index (Phi) is 3.31. The largest absolute Gasteiger partial charge is 0.328 e. The maximum Gasteiger partial charge on any atom is 0.112 e. The predicted molar refractivity (Wildman–Crippen MR) is 79.3 cm³/mol. The van der Waals surface area contributed by atoms with Crippen LogP contribution in [0.4, 0.5) is 0 Å².